The maximum atomic E-state index is 3.63. The summed E-state index contributed by atoms with van der Waals surface area (Å²) in [7, 11) is 0. The van der Waals surface area contributed by atoms with E-state index in [1.165, 1.54) is 127 Å². The average Bonchev–Trinajstić information content (AvgIpc) is 2.98. The van der Waals surface area contributed by atoms with Gasteiger partial charge >= 0.3 is 21.1 Å². The first-order valence-corrected chi connectivity index (χ1v) is 16.3. The molecule has 0 aromatic heterocycles. The zero-order valence-electron chi connectivity index (χ0n) is 29.8. The molecule has 0 spiro atoms. The molecule has 1 heteroatoms. The predicted octanol–water partition coefficient (Wildman–Crippen LogP) is 11.6. The quantitative estimate of drug-likeness (QED) is 0.185. The Kier molecular flexibility index (Phi) is 13.6. The van der Waals surface area contributed by atoms with E-state index in [0.29, 0.717) is 0 Å². The van der Waals surface area contributed by atoms with Crippen molar-refractivity contribution in [1.82, 2.24) is 0 Å². The van der Waals surface area contributed by atoms with Gasteiger partial charge in [0.05, 0.1) is 0 Å². The summed E-state index contributed by atoms with van der Waals surface area (Å²) in [6.45, 7) is 31.3. The Morgan fingerprint density at radius 1 is 0.558 bits per heavy atom. The van der Waals surface area contributed by atoms with Crippen molar-refractivity contribution < 1.29 is 21.1 Å². The zero-order valence-corrected chi connectivity index (χ0v) is 32.7. The minimum atomic E-state index is 0. The minimum Gasteiger partial charge on any atom is -0.328 e. The van der Waals surface area contributed by atoms with E-state index >= 15 is 0 Å². The maximum Gasteiger partial charge on any atom is 2.00 e. The summed E-state index contributed by atoms with van der Waals surface area (Å²) in [4.78, 5) is 0. The fourth-order valence-electron chi connectivity index (χ4n) is 7.01. The average molecular weight is 745 g/mol. The maximum absolute atomic E-state index is 3.63. The number of benzene rings is 3. The van der Waals surface area contributed by atoms with E-state index in [2.05, 4.69) is 121 Å². The van der Waals surface area contributed by atoms with E-state index < -0.39 is 0 Å². The van der Waals surface area contributed by atoms with Crippen LogP contribution >= 0.6 is 0 Å². The summed E-state index contributed by atoms with van der Waals surface area (Å²) in [5, 5.41) is 0. The molecular formula is C42H56W. The Labute approximate surface area is 280 Å². The molecule has 1 aliphatic rings. The molecule has 4 rings (SSSR count). The molecule has 230 valence electrons. The van der Waals surface area contributed by atoms with Crippen LogP contribution in [-0.4, -0.2) is 0 Å². The van der Waals surface area contributed by atoms with E-state index in [-0.39, 0.29) is 21.1 Å². The molecular weight excluding hydrogens is 688 g/mol. The van der Waals surface area contributed by atoms with Crippen LogP contribution in [-0.2, 0) is 27.5 Å². The Morgan fingerprint density at radius 3 is 1.28 bits per heavy atom. The van der Waals surface area contributed by atoms with Gasteiger partial charge in [-0.3, -0.25) is 0 Å². The van der Waals surface area contributed by atoms with Crippen LogP contribution in [0.2, 0.25) is 0 Å². The van der Waals surface area contributed by atoms with Crippen LogP contribution in [0.5, 0.6) is 0 Å². The molecule has 0 aliphatic heterocycles. The van der Waals surface area contributed by atoms with Crippen molar-refractivity contribution in [1.29, 1.82) is 0 Å². The first-order valence-electron chi connectivity index (χ1n) is 16.3. The van der Waals surface area contributed by atoms with Gasteiger partial charge in [-0.05, 0) is 123 Å². The normalized spacial score (nSPS) is 13.1. The van der Waals surface area contributed by atoms with Crippen LogP contribution in [0.15, 0.2) is 0 Å². The first-order chi connectivity index (χ1) is 19.8. The fourth-order valence-corrected chi connectivity index (χ4v) is 7.01. The van der Waals surface area contributed by atoms with Crippen molar-refractivity contribution in [2.24, 2.45) is 5.92 Å². The molecule has 0 atom stereocenters. The summed E-state index contributed by atoms with van der Waals surface area (Å²) in [6, 6.07) is 3.54. The number of hydrogen-bond donors (Lipinski definition) is 0. The molecule has 0 heterocycles. The van der Waals surface area contributed by atoms with Crippen molar-refractivity contribution in [3.05, 3.63) is 95.9 Å². The van der Waals surface area contributed by atoms with E-state index in [0.717, 1.165) is 12.3 Å². The topological polar surface area (TPSA) is 0 Å². The molecule has 0 unspecified atom stereocenters. The predicted molar refractivity (Wildman–Crippen MR) is 186 cm³/mol. The Hall–Kier alpha value is -2.09. The van der Waals surface area contributed by atoms with Gasteiger partial charge in [0, 0.05) is 11.1 Å². The van der Waals surface area contributed by atoms with Gasteiger partial charge in [-0.25, -0.2) is 0 Å². The number of aryl methyl sites for hydroxylation is 2. The summed E-state index contributed by atoms with van der Waals surface area (Å²) < 4.78 is 0. The van der Waals surface area contributed by atoms with Crippen LogP contribution in [0.1, 0.15) is 129 Å². The van der Waals surface area contributed by atoms with Crippen molar-refractivity contribution in [2.45, 2.75) is 135 Å². The number of hydrogen-bond acceptors (Lipinski definition) is 0. The van der Waals surface area contributed by atoms with Crippen LogP contribution in [0.25, 0.3) is 11.1 Å². The molecule has 1 aliphatic carbocycles. The summed E-state index contributed by atoms with van der Waals surface area (Å²) in [5.74, 6) is 8.29. The van der Waals surface area contributed by atoms with Gasteiger partial charge in [-0.2, -0.15) is 30.0 Å². The third-order valence-corrected chi connectivity index (χ3v) is 10.7. The molecule has 43 heavy (non-hydrogen) atoms. The summed E-state index contributed by atoms with van der Waals surface area (Å²) >= 11 is 0. The molecule has 1 saturated carbocycles. The van der Waals surface area contributed by atoms with Crippen LogP contribution in [0.3, 0.4) is 0 Å². The molecule has 3 aromatic rings. The van der Waals surface area contributed by atoms with Gasteiger partial charge < -0.3 is 6.42 Å². The SMILES string of the molecule is CCC1CC[CH-]CC1.CCc1c(C)c(C)c(C#Cc2c(C)c(C)c(-c3c(C)c(C)[c-]c(C)c3C)c(C)c2C)c(C)c1C.[W+2]. The van der Waals surface area contributed by atoms with Crippen LogP contribution in [0, 0.1) is 113 Å². The van der Waals surface area contributed by atoms with Gasteiger partial charge in [-0.15, -0.1) is 16.7 Å². The second-order valence-electron chi connectivity index (χ2n) is 12.9. The van der Waals surface area contributed by atoms with Gasteiger partial charge in [0.15, 0.2) is 0 Å². The molecule has 0 radical (unpaired) electrons. The first kappa shape index (κ1) is 37.1. The van der Waals surface area contributed by atoms with Crippen molar-refractivity contribution in [2.75, 3.05) is 0 Å². The van der Waals surface area contributed by atoms with Gasteiger partial charge in [0.1, 0.15) is 0 Å². The molecule has 0 saturated heterocycles. The molecule has 0 amide bonds. The third kappa shape index (κ3) is 7.59. The second kappa shape index (κ2) is 15.8. The standard InChI is InChI=1S/C34H41.C8H15.W/c1-14-30-22(6)24(8)31(25(9)23(30)7)15-16-32-26(10)28(12)34(29(13)27(32)11)33-20(4)18(2)17-19(3)21(33)5;1-2-8-6-4-3-5-7-8;/h14H2,1-13H3;3,8H,2,4-7H2,1H3;/q2*-1;+2. The molecule has 0 nitrogen and oxygen atoms in total. The van der Waals surface area contributed by atoms with Crippen LogP contribution < -0.4 is 0 Å². The number of rotatable bonds is 3. The third-order valence-electron chi connectivity index (χ3n) is 10.7. The molecule has 1 fully saturated rings. The molecule has 0 N–H and O–H groups in total. The fraction of sp³-hybridized carbons (Fsp3) is 0.500. The molecule has 3 aromatic carbocycles. The van der Waals surface area contributed by atoms with E-state index in [1.807, 2.05) is 0 Å². The van der Waals surface area contributed by atoms with E-state index in [1.54, 1.807) is 0 Å². The Balaban J connectivity index is 0.000000620. The van der Waals surface area contributed by atoms with E-state index in [4.69, 9.17) is 0 Å². The van der Waals surface area contributed by atoms with E-state index in [9.17, 15) is 0 Å². The smallest absolute Gasteiger partial charge is 0.328 e. The minimum absolute atomic E-state index is 0. The monoisotopic (exact) mass is 744 g/mol. The van der Waals surface area contributed by atoms with Crippen molar-refractivity contribution in [3.63, 3.8) is 0 Å². The summed E-state index contributed by atoms with van der Waals surface area (Å²) in [5.41, 5.74) is 22.4. The van der Waals surface area contributed by atoms with Crippen molar-refractivity contribution in [3.8, 4) is 23.0 Å². The van der Waals surface area contributed by atoms with Crippen molar-refractivity contribution >= 4 is 0 Å². The zero-order chi connectivity index (χ0) is 31.5. The summed E-state index contributed by atoms with van der Waals surface area (Å²) in [6.07, 6.45) is 10.5. The largest absolute Gasteiger partial charge is 2.00 e. The second-order valence-corrected chi connectivity index (χ2v) is 12.9. The Bertz CT molecular complexity index is 1450. The van der Waals surface area contributed by atoms with Crippen LogP contribution in [0.4, 0.5) is 0 Å². The Morgan fingerprint density at radius 2 is 0.930 bits per heavy atom. The van der Waals surface area contributed by atoms with Gasteiger partial charge in [0.2, 0.25) is 0 Å². The molecule has 0 bridgehead atoms. The van der Waals surface area contributed by atoms with Gasteiger partial charge in [-0.1, -0.05) is 72.6 Å². The van der Waals surface area contributed by atoms with Gasteiger partial charge in [0.25, 0.3) is 0 Å².